The molecule has 0 atom stereocenters. The van der Waals surface area contributed by atoms with Crippen molar-refractivity contribution in [2.24, 2.45) is 0 Å². The van der Waals surface area contributed by atoms with Gasteiger partial charge in [0.25, 0.3) is 0 Å². The van der Waals surface area contributed by atoms with Crippen LogP contribution in [-0.4, -0.2) is 0 Å². The third kappa shape index (κ3) is 3.62. The highest BCUT2D eigenvalue weighted by Crippen LogP contribution is 2.52. The van der Waals surface area contributed by atoms with Gasteiger partial charge in [0.05, 0.1) is 4.70 Å². The standard InChI is InChI=1S/C44H26OS/c1-2-14-28(15-3-1)42-41(37-26-25-36-30-18-10-11-24-38(30)46-44(36)43(37)45-42)40-34-21-8-6-19-32(34)39(33-20-7-9-22-35(33)40)31-23-12-16-27-13-4-5-17-29(27)31/h1-26H. The Kier molecular flexibility index (Phi) is 5.51. The van der Waals surface area contributed by atoms with Gasteiger partial charge in [-0.25, -0.2) is 0 Å². The lowest BCUT2D eigenvalue weighted by Gasteiger charge is -2.19. The first kappa shape index (κ1) is 25.6. The number of hydrogen-bond donors (Lipinski definition) is 0. The van der Waals surface area contributed by atoms with Crippen LogP contribution in [0.2, 0.25) is 0 Å². The molecule has 10 aromatic rings. The topological polar surface area (TPSA) is 13.1 Å². The number of benzene rings is 8. The summed E-state index contributed by atoms with van der Waals surface area (Å²) < 4.78 is 9.54. The molecule has 2 aromatic heterocycles. The fourth-order valence-corrected chi connectivity index (χ4v) is 8.70. The van der Waals surface area contributed by atoms with E-state index in [1.165, 1.54) is 69.2 Å². The Balaban J connectivity index is 1.40. The Labute approximate surface area is 269 Å². The monoisotopic (exact) mass is 602 g/mol. The van der Waals surface area contributed by atoms with E-state index in [9.17, 15) is 0 Å². The summed E-state index contributed by atoms with van der Waals surface area (Å²) >= 11 is 1.82. The van der Waals surface area contributed by atoms with Crippen molar-refractivity contribution in [1.82, 2.24) is 0 Å². The van der Waals surface area contributed by atoms with E-state index in [0.29, 0.717) is 0 Å². The smallest absolute Gasteiger partial charge is 0.153 e. The van der Waals surface area contributed by atoms with Gasteiger partial charge < -0.3 is 4.42 Å². The normalized spacial score (nSPS) is 11.9. The first-order valence-corrected chi connectivity index (χ1v) is 16.5. The van der Waals surface area contributed by atoms with Gasteiger partial charge in [0.2, 0.25) is 0 Å². The van der Waals surface area contributed by atoms with Crippen molar-refractivity contribution in [1.29, 1.82) is 0 Å². The summed E-state index contributed by atoms with van der Waals surface area (Å²) in [7, 11) is 0. The molecule has 0 aliphatic heterocycles. The number of hydrogen-bond acceptors (Lipinski definition) is 2. The first-order valence-electron chi connectivity index (χ1n) is 15.7. The van der Waals surface area contributed by atoms with Crippen LogP contribution in [0, 0.1) is 0 Å². The molecule has 8 aromatic carbocycles. The van der Waals surface area contributed by atoms with Crippen LogP contribution >= 0.6 is 11.3 Å². The molecule has 0 radical (unpaired) electrons. The van der Waals surface area contributed by atoms with Crippen LogP contribution in [0.1, 0.15) is 0 Å². The maximum atomic E-state index is 7.06. The third-order valence-corrected chi connectivity index (χ3v) is 10.7. The maximum absolute atomic E-state index is 7.06. The maximum Gasteiger partial charge on any atom is 0.153 e. The number of thiophene rings is 1. The molecule has 46 heavy (non-hydrogen) atoms. The molecular weight excluding hydrogens is 577 g/mol. The summed E-state index contributed by atoms with van der Waals surface area (Å²) in [6, 6.07) is 57.0. The molecule has 0 aliphatic carbocycles. The Morgan fingerprint density at radius 2 is 0.935 bits per heavy atom. The molecule has 0 amide bonds. The fourth-order valence-electron chi connectivity index (χ4n) is 7.51. The van der Waals surface area contributed by atoms with Crippen LogP contribution in [0.3, 0.4) is 0 Å². The molecule has 0 aliphatic rings. The summed E-state index contributed by atoms with van der Waals surface area (Å²) in [6.45, 7) is 0. The van der Waals surface area contributed by atoms with Crippen molar-refractivity contribution in [3.63, 3.8) is 0 Å². The molecule has 214 valence electrons. The molecule has 1 nitrogen and oxygen atoms in total. The van der Waals surface area contributed by atoms with Crippen molar-refractivity contribution in [3.8, 4) is 33.6 Å². The van der Waals surface area contributed by atoms with Crippen molar-refractivity contribution >= 4 is 74.8 Å². The summed E-state index contributed by atoms with van der Waals surface area (Å²) in [5.41, 5.74) is 6.93. The van der Waals surface area contributed by atoms with Gasteiger partial charge in [0, 0.05) is 37.5 Å². The van der Waals surface area contributed by atoms with E-state index in [-0.39, 0.29) is 0 Å². The predicted octanol–water partition coefficient (Wildman–Crippen LogP) is 13.3. The number of rotatable bonds is 3. The van der Waals surface area contributed by atoms with Gasteiger partial charge in [-0.3, -0.25) is 0 Å². The van der Waals surface area contributed by atoms with Crippen LogP contribution < -0.4 is 0 Å². The molecule has 0 N–H and O–H groups in total. The quantitative estimate of drug-likeness (QED) is 0.183. The van der Waals surface area contributed by atoms with Crippen molar-refractivity contribution in [2.45, 2.75) is 0 Å². The SMILES string of the molecule is c1ccc(-c2oc3c(ccc4c5ccccc5sc43)c2-c2c3ccccc3c(-c3cccc4ccccc34)c3ccccc23)cc1. The molecule has 2 heteroatoms. The minimum Gasteiger partial charge on any atom is -0.454 e. The lowest BCUT2D eigenvalue weighted by Crippen LogP contribution is -1.92. The molecule has 0 unspecified atom stereocenters. The summed E-state index contributed by atoms with van der Waals surface area (Å²) in [4.78, 5) is 0. The lowest BCUT2D eigenvalue weighted by atomic mass is 9.83. The molecular formula is C44H26OS. The average molecular weight is 603 g/mol. The molecule has 0 bridgehead atoms. The van der Waals surface area contributed by atoms with Gasteiger partial charge >= 0.3 is 0 Å². The molecule has 10 rings (SSSR count). The van der Waals surface area contributed by atoms with Crippen LogP contribution in [0.25, 0.3) is 97.0 Å². The average Bonchev–Trinajstić information content (AvgIpc) is 3.70. The van der Waals surface area contributed by atoms with Crippen molar-refractivity contribution in [2.75, 3.05) is 0 Å². The van der Waals surface area contributed by atoms with Crippen LogP contribution in [-0.2, 0) is 0 Å². The van der Waals surface area contributed by atoms with E-state index >= 15 is 0 Å². The second-order valence-electron chi connectivity index (χ2n) is 12.0. The van der Waals surface area contributed by atoms with Gasteiger partial charge in [-0.15, -0.1) is 11.3 Å². The van der Waals surface area contributed by atoms with Gasteiger partial charge in [-0.05, 0) is 55.6 Å². The zero-order valence-corrected chi connectivity index (χ0v) is 25.6. The highest BCUT2D eigenvalue weighted by Gasteiger charge is 2.25. The Morgan fingerprint density at radius 3 is 1.67 bits per heavy atom. The van der Waals surface area contributed by atoms with Gasteiger partial charge in [-0.2, -0.15) is 0 Å². The summed E-state index contributed by atoms with van der Waals surface area (Å²) in [6.07, 6.45) is 0. The molecule has 0 spiro atoms. The Morgan fingerprint density at radius 1 is 0.370 bits per heavy atom. The highest BCUT2D eigenvalue weighted by molar-refractivity contribution is 7.26. The van der Waals surface area contributed by atoms with E-state index in [0.717, 1.165) is 27.9 Å². The second-order valence-corrected chi connectivity index (χ2v) is 13.0. The number of fused-ring (bicyclic) bond motifs is 8. The predicted molar refractivity (Wildman–Crippen MR) is 198 cm³/mol. The fraction of sp³-hybridized carbons (Fsp3) is 0. The minimum atomic E-state index is 0.911. The van der Waals surface area contributed by atoms with Crippen LogP contribution in [0.4, 0.5) is 0 Å². The molecule has 0 saturated heterocycles. The lowest BCUT2D eigenvalue weighted by molar-refractivity contribution is 0.636. The van der Waals surface area contributed by atoms with Crippen LogP contribution in [0.5, 0.6) is 0 Å². The van der Waals surface area contributed by atoms with E-state index in [2.05, 4.69) is 158 Å². The summed E-state index contributed by atoms with van der Waals surface area (Å²) in [5.74, 6) is 0.911. The zero-order chi connectivity index (χ0) is 30.2. The molecule has 0 fully saturated rings. The van der Waals surface area contributed by atoms with Crippen molar-refractivity contribution in [3.05, 3.63) is 158 Å². The van der Waals surface area contributed by atoms with E-state index in [1.54, 1.807) is 0 Å². The van der Waals surface area contributed by atoms with E-state index in [1.807, 2.05) is 11.3 Å². The van der Waals surface area contributed by atoms with Gasteiger partial charge in [0.15, 0.2) is 5.58 Å². The Hall–Kier alpha value is -5.70. The summed E-state index contributed by atoms with van der Waals surface area (Å²) in [5, 5.41) is 11.1. The molecule has 0 saturated carbocycles. The van der Waals surface area contributed by atoms with Gasteiger partial charge in [0.1, 0.15) is 5.76 Å². The molecule has 2 heterocycles. The first-order chi connectivity index (χ1) is 22.8. The largest absolute Gasteiger partial charge is 0.454 e. The number of furan rings is 1. The third-order valence-electron chi connectivity index (χ3n) is 9.48. The van der Waals surface area contributed by atoms with E-state index in [4.69, 9.17) is 4.42 Å². The van der Waals surface area contributed by atoms with Crippen LogP contribution in [0.15, 0.2) is 162 Å². The Bertz CT molecular complexity index is 2740. The van der Waals surface area contributed by atoms with Gasteiger partial charge in [-0.1, -0.05) is 146 Å². The zero-order valence-electron chi connectivity index (χ0n) is 24.8. The highest BCUT2D eigenvalue weighted by atomic mass is 32.1. The van der Waals surface area contributed by atoms with E-state index < -0.39 is 0 Å². The second kappa shape index (κ2) is 9.90. The van der Waals surface area contributed by atoms with Crippen molar-refractivity contribution < 1.29 is 4.42 Å². The minimum absolute atomic E-state index is 0.911.